The number of methoxy groups -OCH3 is 1. The molecule has 1 saturated carbocycles. The van der Waals surface area contributed by atoms with Crippen LogP contribution in [-0.2, 0) is 16.6 Å². The van der Waals surface area contributed by atoms with E-state index in [2.05, 4.69) is 29.3 Å². The lowest BCUT2D eigenvalue weighted by Crippen LogP contribution is -2.35. The van der Waals surface area contributed by atoms with E-state index >= 15 is 0 Å². The number of likely N-dealkylation sites (N-methyl/N-ethyl adjacent to an activating group) is 1. The van der Waals surface area contributed by atoms with Crippen LogP contribution in [0.25, 0.3) is 0 Å². The van der Waals surface area contributed by atoms with Crippen molar-refractivity contribution < 1.29 is 9.26 Å². The number of ether oxygens (including phenoxy) is 1. The molecule has 1 aliphatic rings. The largest absolute Gasteiger partial charge is 0.383 e. The average Bonchev–Trinajstić information content (AvgIpc) is 2.88. The van der Waals surface area contributed by atoms with E-state index in [4.69, 9.17) is 9.26 Å². The van der Waals surface area contributed by atoms with Gasteiger partial charge in [0.2, 0.25) is 5.89 Å². The number of aromatic nitrogens is 2. The summed E-state index contributed by atoms with van der Waals surface area (Å²) in [6, 6.07) is 0.241. The van der Waals surface area contributed by atoms with E-state index in [1.807, 2.05) is 0 Å². The van der Waals surface area contributed by atoms with Gasteiger partial charge in [-0.3, -0.25) is 0 Å². The lowest BCUT2D eigenvalue weighted by molar-refractivity contribution is 0.162. The minimum Gasteiger partial charge on any atom is -0.383 e. The maximum Gasteiger partial charge on any atom is 0.228 e. The molecule has 96 valence electrons. The molecule has 0 saturated heterocycles. The van der Waals surface area contributed by atoms with Gasteiger partial charge in [-0.15, -0.1) is 0 Å². The first kappa shape index (κ1) is 12.5. The zero-order chi connectivity index (χ0) is 12.3. The maximum absolute atomic E-state index is 5.30. The highest BCUT2D eigenvalue weighted by Crippen LogP contribution is 2.45. The first-order valence-corrected chi connectivity index (χ1v) is 6.23. The normalized spacial score (nSPS) is 19.2. The molecule has 0 amide bonds. The number of nitrogens with one attached hydrogen (secondary N) is 1. The molecule has 1 aliphatic carbocycles. The smallest absolute Gasteiger partial charge is 0.228 e. The Balaban J connectivity index is 1.94. The molecule has 1 N–H and O–H groups in total. The second-order valence-corrected chi connectivity index (χ2v) is 4.99. The summed E-state index contributed by atoms with van der Waals surface area (Å²) in [5.74, 6) is 1.57. The fourth-order valence-electron chi connectivity index (χ4n) is 1.88. The summed E-state index contributed by atoms with van der Waals surface area (Å²) in [4.78, 5) is 4.47. The van der Waals surface area contributed by atoms with E-state index in [0.717, 1.165) is 18.8 Å². The Labute approximate surface area is 102 Å². The molecule has 1 fully saturated rings. The summed E-state index contributed by atoms with van der Waals surface area (Å²) in [6.07, 6.45) is 3.06. The second-order valence-electron chi connectivity index (χ2n) is 4.99. The molecule has 0 spiro atoms. The standard InChI is InChI=1S/C12H21N3O2/c1-4-13-9(8-16-3)7-10-14-11(15-17-10)12(2)5-6-12/h9,13H,4-8H2,1-3H3. The molecule has 5 nitrogen and oxygen atoms in total. The third kappa shape index (κ3) is 3.04. The molecule has 17 heavy (non-hydrogen) atoms. The van der Waals surface area contributed by atoms with Crippen LogP contribution in [-0.4, -0.2) is 36.4 Å². The monoisotopic (exact) mass is 239 g/mol. The van der Waals surface area contributed by atoms with Gasteiger partial charge in [0, 0.05) is 25.0 Å². The van der Waals surface area contributed by atoms with Crippen molar-refractivity contribution in [1.29, 1.82) is 0 Å². The Bertz CT molecular complexity index is 354. The van der Waals surface area contributed by atoms with Crippen molar-refractivity contribution in [2.24, 2.45) is 0 Å². The molecule has 0 radical (unpaired) electrons. The van der Waals surface area contributed by atoms with Gasteiger partial charge in [0.25, 0.3) is 0 Å². The Morgan fingerprint density at radius 1 is 1.53 bits per heavy atom. The van der Waals surface area contributed by atoms with E-state index in [1.165, 1.54) is 12.8 Å². The Hall–Kier alpha value is -0.940. The minimum atomic E-state index is 0.177. The van der Waals surface area contributed by atoms with Crippen LogP contribution >= 0.6 is 0 Å². The Kier molecular flexibility index (Phi) is 3.79. The third-order valence-electron chi connectivity index (χ3n) is 3.29. The van der Waals surface area contributed by atoms with E-state index in [9.17, 15) is 0 Å². The molecule has 0 aliphatic heterocycles. The summed E-state index contributed by atoms with van der Waals surface area (Å²) in [7, 11) is 1.70. The van der Waals surface area contributed by atoms with Crippen LogP contribution in [0.4, 0.5) is 0 Å². The summed E-state index contributed by atoms with van der Waals surface area (Å²) < 4.78 is 10.5. The van der Waals surface area contributed by atoms with Crippen LogP contribution in [0, 0.1) is 0 Å². The highest BCUT2D eigenvalue weighted by atomic mass is 16.5. The quantitative estimate of drug-likeness (QED) is 0.777. The zero-order valence-corrected chi connectivity index (χ0v) is 10.8. The lowest BCUT2D eigenvalue weighted by Gasteiger charge is -2.14. The van der Waals surface area contributed by atoms with Crippen LogP contribution in [0.5, 0.6) is 0 Å². The van der Waals surface area contributed by atoms with Crippen LogP contribution in [0.3, 0.4) is 0 Å². The lowest BCUT2D eigenvalue weighted by atomic mass is 10.1. The van der Waals surface area contributed by atoms with Crippen LogP contribution in [0.1, 0.15) is 38.4 Å². The van der Waals surface area contributed by atoms with Crippen molar-refractivity contribution in [1.82, 2.24) is 15.5 Å². The second kappa shape index (κ2) is 5.14. The van der Waals surface area contributed by atoms with E-state index in [0.29, 0.717) is 12.5 Å². The van der Waals surface area contributed by atoms with Gasteiger partial charge in [0.1, 0.15) is 0 Å². The molecule has 1 aromatic rings. The summed E-state index contributed by atoms with van der Waals surface area (Å²) in [6.45, 7) is 5.82. The highest BCUT2D eigenvalue weighted by Gasteiger charge is 2.43. The third-order valence-corrected chi connectivity index (χ3v) is 3.29. The fraction of sp³-hybridized carbons (Fsp3) is 0.833. The summed E-state index contributed by atoms with van der Waals surface area (Å²) >= 11 is 0. The SMILES string of the molecule is CCNC(COC)Cc1nc(C2(C)CC2)no1. The van der Waals surface area contributed by atoms with Gasteiger partial charge in [-0.2, -0.15) is 4.98 Å². The zero-order valence-electron chi connectivity index (χ0n) is 10.8. The van der Waals surface area contributed by atoms with Crippen molar-refractivity contribution >= 4 is 0 Å². The maximum atomic E-state index is 5.30. The van der Waals surface area contributed by atoms with Crippen molar-refractivity contribution in [2.75, 3.05) is 20.3 Å². The average molecular weight is 239 g/mol. The molecule has 1 heterocycles. The Morgan fingerprint density at radius 3 is 2.88 bits per heavy atom. The van der Waals surface area contributed by atoms with Crippen LogP contribution in [0.2, 0.25) is 0 Å². The number of rotatable bonds is 7. The molecule has 0 bridgehead atoms. The number of hydrogen-bond donors (Lipinski definition) is 1. The summed E-state index contributed by atoms with van der Waals surface area (Å²) in [5.41, 5.74) is 0.177. The highest BCUT2D eigenvalue weighted by molar-refractivity contribution is 5.14. The first-order valence-electron chi connectivity index (χ1n) is 6.23. The van der Waals surface area contributed by atoms with Gasteiger partial charge in [-0.25, -0.2) is 0 Å². The van der Waals surface area contributed by atoms with Gasteiger partial charge in [-0.1, -0.05) is 19.0 Å². The molecule has 2 rings (SSSR count). The molecular weight excluding hydrogens is 218 g/mol. The predicted molar refractivity (Wildman–Crippen MR) is 63.9 cm³/mol. The molecule has 1 unspecified atom stereocenters. The first-order chi connectivity index (χ1) is 8.18. The number of nitrogens with zero attached hydrogens (tertiary/aromatic N) is 2. The molecule has 1 atom stereocenters. The van der Waals surface area contributed by atoms with Crippen LogP contribution < -0.4 is 5.32 Å². The minimum absolute atomic E-state index is 0.177. The van der Waals surface area contributed by atoms with E-state index in [-0.39, 0.29) is 11.5 Å². The van der Waals surface area contributed by atoms with Crippen molar-refractivity contribution in [3.05, 3.63) is 11.7 Å². The number of hydrogen-bond acceptors (Lipinski definition) is 5. The van der Waals surface area contributed by atoms with E-state index < -0.39 is 0 Å². The predicted octanol–water partition coefficient (Wildman–Crippen LogP) is 1.29. The van der Waals surface area contributed by atoms with Gasteiger partial charge >= 0.3 is 0 Å². The van der Waals surface area contributed by atoms with Crippen molar-refractivity contribution in [2.45, 2.75) is 44.6 Å². The molecule has 0 aromatic carbocycles. The summed E-state index contributed by atoms with van der Waals surface area (Å²) in [5, 5.41) is 7.41. The van der Waals surface area contributed by atoms with Crippen molar-refractivity contribution in [3.8, 4) is 0 Å². The Morgan fingerprint density at radius 2 is 2.29 bits per heavy atom. The van der Waals surface area contributed by atoms with Crippen LogP contribution in [0.15, 0.2) is 4.52 Å². The molecule has 5 heteroatoms. The fourth-order valence-corrected chi connectivity index (χ4v) is 1.88. The topological polar surface area (TPSA) is 60.2 Å². The van der Waals surface area contributed by atoms with Gasteiger partial charge in [0.15, 0.2) is 5.82 Å². The van der Waals surface area contributed by atoms with Crippen molar-refractivity contribution in [3.63, 3.8) is 0 Å². The molecule has 1 aromatic heterocycles. The van der Waals surface area contributed by atoms with Gasteiger partial charge in [0.05, 0.1) is 6.61 Å². The van der Waals surface area contributed by atoms with Gasteiger partial charge < -0.3 is 14.6 Å². The van der Waals surface area contributed by atoms with Gasteiger partial charge in [-0.05, 0) is 19.4 Å². The van der Waals surface area contributed by atoms with E-state index in [1.54, 1.807) is 7.11 Å². The molecular formula is C12H21N3O2.